The van der Waals surface area contributed by atoms with Gasteiger partial charge in [0.05, 0.1) is 0 Å². The van der Waals surface area contributed by atoms with Crippen LogP contribution in [0.5, 0.6) is 0 Å². The van der Waals surface area contributed by atoms with E-state index >= 15 is 0 Å². The van der Waals surface area contributed by atoms with Gasteiger partial charge in [0.1, 0.15) is 0 Å². The van der Waals surface area contributed by atoms with Crippen molar-refractivity contribution in [2.75, 3.05) is 0 Å². The summed E-state index contributed by atoms with van der Waals surface area (Å²) in [4.78, 5) is 0.325. The fourth-order valence-electron chi connectivity index (χ4n) is 2.10. The Labute approximate surface area is 121 Å². The maximum atomic E-state index is 13.6. The molecular formula is C13H13Cl2F3S. The van der Waals surface area contributed by atoms with E-state index in [0.717, 1.165) is 0 Å². The lowest BCUT2D eigenvalue weighted by molar-refractivity contribution is -0.0362. The normalized spacial score (nSPS) is 26.6. The van der Waals surface area contributed by atoms with Gasteiger partial charge in [0.15, 0.2) is 0 Å². The predicted octanol–water partition coefficient (Wildman–Crippen LogP) is 6.58. The van der Waals surface area contributed by atoms with Gasteiger partial charge in [-0.2, -0.15) is 13.2 Å². The zero-order valence-electron chi connectivity index (χ0n) is 10.6. The average Bonchev–Trinajstić information content (AvgIpc) is 2.52. The Hall–Kier alpha value is -0.320. The van der Waals surface area contributed by atoms with Crippen LogP contribution < -0.4 is 0 Å². The smallest absolute Gasteiger partial charge is 0.160 e. The molecule has 1 aromatic carbocycles. The molecule has 1 aliphatic rings. The number of halogens is 5. The number of rotatable bonds is 0. The van der Waals surface area contributed by atoms with Crippen LogP contribution in [0.25, 0.3) is 6.08 Å². The van der Waals surface area contributed by atoms with Gasteiger partial charge in [0.2, 0.25) is 0 Å². The molecule has 2 rings (SSSR count). The van der Waals surface area contributed by atoms with Crippen LogP contribution in [0, 0.1) is 5.41 Å². The van der Waals surface area contributed by atoms with Crippen molar-refractivity contribution in [3.63, 3.8) is 0 Å². The molecule has 0 saturated heterocycles. The van der Waals surface area contributed by atoms with Crippen molar-refractivity contribution in [3.8, 4) is 0 Å². The average molecular weight is 329 g/mol. The highest BCUT2D eigenvalue weighted by Gasteiger charge is 2.58. The molecule has 0 spiro atoms. The summed E-state index contributed by atoms with van der Waals surface area (Å²) in [6, 6.07) is 4.50. The lowest BCUT2D eigenvalue weighted by Gasteiger charge is -2.39. The van der Waals surface area contributed by atoms with Gasteiger partial charge in [-0.15, -0.1) is 0 Å². The summed E-state index contributed by atoms with van der Waals surface area (Å²) in [5.41, 5.74) is -4.64. The second kappa shape index (κ2) is 4.34. The zero-order valence-corrected chi connectivity index (χ0v) is 12.9. The third-order valence-corrected chi connectivity index (χ3v) is 7.62. The molecular weight excluding hydrogens is 316 g/mol. The van der Waals surface area contributed by atoms with Crippen molar-refractivity contribution in [1.29, 1.82) is 0 Å². The fourth-order valence-corrected chi connectivity index (χ4v) is 6.18. The van der Waals surface area contributed by atoms with Gasteiger partial charge < -0.3 is 0 Å². The van der Waals surface area contributed by atoms with Crippen molar-refractivity contribution in [1.82, 2.24) is 0 Å². The fraction of sp³-hybridized carbons (Fsp3) is 0.385. The molecule has 1 atom stereocenters. The van der Waals surface area contributed by atoms with E-state index in [0.29, 0.717) is 5.56 Å². The molecule has 0 N–H and O–H groups in total. The van der Waals surface area contributed by atoms with E-state index in [1.165, 1.54) is 6.07 Å². The van der Waals surface area contributed by atoms with Gasteiger partial charge in [0, 0.05) is 9.92 Å². The quantitative estimate of drug-likeness (QED) is 0.504. The number of fused-ring (bicyclic) bond motifs is 1. The summed E-state index contributed by atoms with van der Waals surface area (Å²) < 4.78 is 40.7. The van der Waals surface area contributed by atoms with Crippen LogP contribution in [0.3, 0.4) is 0 Å². The second-order valence-electron chi connectivity index (χ2n) is 5.42. The molecule has 1 unspecified atom stereocenters. The highest BCUT2D eigenvalue weighted by molar-refractivity contribution is 8.54. The minimum absolute atomic E-state index is 0.0964. The predicted molar refractivity (Wildman–Crippen MR) is 76.6 cm³/mol. The molecule has 1 aromatic rings. The summed E-state index contributed by atoms with van der Waals surface area (Å²) in [7, 11) is 2.58. The van der Waals surface area contributed by atoms with Gasteiger partial charge >= 0.3 is 5.51 Å². The number of benzene rings is 1. The highest BCUT2D eigenvalue weighted by atomic mass is 35.7. The van der Waals surface area contributed by atoms with E-state index in [-0.39, 0.29) is 14.8 Å². The Bertz CT molecular complexity index is 558. The molecule has 0 saturated carbocycles. The van der Waals surface area contributed by atoms with Crippen LogP contribution in [0.15, 0.2) is 28.0 Å². The summed E-state index contributed by atoms with van der Waals surface area (Å²) in [6.07, 6.45) is 1.56. The number of hydrogen-bond donors (Lipinski definition) is 0. The van der Waals surface area contributed by atoms with Gasteiger partial charge in [-0.05, 0) is 54.0 Å². The van der Waals surface area contributed by atoms with Crippen molar-refractivity contribution in [2.24, 2.45) is 5.41 Å². The van der Waals surface area contributed by atoms with E-state index in [1.807, 2.05) is 0 Å². The zero-order chi connectivity index (χ0) is 14.6. The molecule has 0 aromatic heterocycles. The van der Waals surface area contributed by atoms with Crippen molar-refractivity contribution in [3.05, 3.63) is 33.7 Å². The summed E-state index contributed by atoms with van der Waals surface area (Å²) in [5, 5.41) is 0.268. The van der Waals surface area contributed by atoms with E-state index < -0.39 is 20.2 Å². The highest BCUT2D eigenvalue weighted by Crippen LogP contribution is 2.82. The van der Waals surface area contributed by atoms with E-state index in [4.69, 9.17) is 22.3 Å². The van der Waals surface area contributed by atoms with Crippen LogP contribution in [0.1, 0.15) is 26.3 Å². The lowest BCUT2D eigenvalue weighted by Crippen LogP contribution is -2.22. The molecule has 0 radical (unpaired) electrons. The molecule has 19 heavy (non-hydrogen) atoms. The maximum Gasteiger partial charge on any atom is 0.445 e. The number of alkyl halides is 3. The van der Waals surface area contributed by atoms with E-state index in [1.54, 1.807) is 39.0 Å². The first-order valence-corrected chi connectivity index (χ1v) is 8.43. The SMILES string of the molecule is CC(C)(C)C1=Cc2ccc(Cl)cc2S1(Cl)C(F)(F)F. The first-order valence-electron chi connectivity index (χ1n) is 5.59. The van der Waals surface area contributed by atoms with Gasteiger partial charge in [-0.1, -0.05) is 38.4 Å². The van der Waals surface area contributed by atoms with Crippen LogP contribution in [-0.4, -0.2) is 5.51 Å². The van der Waals surface area contributed by atoms with Crippen LogP contribution in [-0.2, 0) is 0 Å². The van der Waals surface area contributed by atoms with E-state index in [2.05, 4.69) is 0 Å². The summed E-state index contributed by atoms with van der Waals surface area (Å²) >= 11 is 5.83. The minimum atomic E-state index is -4.50. The molecule has 1 heterocycles. The molecule has 0 bridgehead atoms. The Morgan fingerprint density at radius 1 is 1.11 bits per heavy atom. The Morgan fingerprint density at radius 2 is 1.68 bits per heavy atom. The Morgan fingerprint density at radius 3 is 2.16 bits per heavy atom. The molecule has 1 aliphatic heterocycles. The van der Waals surface area contributed by atoms with Crippen LogP contribution >= 0.6 is 31.5 Å². The topological polar surface area (TPSA) is 0 Å². The maximum absolute atomic E-state index is 13.6. The lowest BCUT2D eigenvalue weighted by atomic mass is 9.95. The number of hydrogen-bond acceptors (Lipinski definition) is 0. The Kier molecular flexibility index (Phi) is 3.44. The Balaban J connectivity index is 2.75. The van der Waals surface area contributed by atoms with Crippen molar-refractivity contribution in [2.45, 2.75) is 31.2 Å². The van der Waals surface area contributed by atoms with E-state index in [9.17, 15) is 13.2 Å². The second-order valence-corrected chi connectivity index (χ2v) is 9.67. The third-order valence-electron chi connectivity index (χ3n) is 2.93. The molecule has 0 aliphatic carbocycles. The molecule has 106 valence electrons. The third kappa shape index (κ3) is 2.28. The standard InChI is InChI=1S/C13H13Cl2F3S/c1-12(2,3)11-6-8-4-5-9(14)7-10(8)19(11,15)13(16,17)18/h4-7H,1-3H3. The van der Waals surface area contributed by atoms with Gasteiger partial charge in [-0.25, -0.2) is 0 Å². The van der Waals surface area contributed by atoms with Gasteiger partial charge in [-0.3, -0.25) is 0 Å². The first kappa shape index (κ1) is 15.1. The largest absolute Gasteiger partial charge is 0.445 e. The summed E-state index contributed by atoms with van der Waals surface area (Å²) in [5.74, 6) is 0. The van der Waals surface area contributed by atoms with Crippen LogP contribution in [0.4, 0.5) is 13.2 Å². The van der Waals surface area contributed by atoms with Crippen LogP contribution in [0.2, 0.25) is 5.02 Å². The molecule has 0 fully saturated rings. The van der Waals surface area contributed by atoms with Gasteiger partial charge in [0.25, 0.3) is 0 Å². The first-order chi connectivity index (χ1) is 8.48. The molecule has 6 heteroatoms. The molecule has 0 nitrogen and oxygen atoms in total. The summed E-state index contributed by atoms with van der Waals surface area (Å²) in [6.45, 7) is 5.21. The van der Waals surface area contributed by atoms with Crippen molar-refractivity contribution >= 4 is 37.6 Å². The monoisotopic (exact) mass is 328 g/mol. The minimum Gasteiger partial charge on any atom is -0.160 e. The molecule has 0 amide bonds. The van der Waals surface area contributed by atoms with Crippen molar-refractivity contribution < 1.29 is 13.2 Å². The number of allylic oxidation sites excluding steroid dienone is 1.